The zero-order valence-corrected chi connectivity index (χ0v) is 12.8. The fourth-order valence-electron chi connectivity index (χ4n) is 1.93. The lowest BCUT2D eigenvalue weighted by Crippen LogP contribution is -2.04. The molecule has 2 rings (SSSR count). The van der Waals surface area contributed by atoms with Gasteiger partial charge in [0.05, 0.1) is 5.71 Å². The Hall–Kier alpha value is -1.81. The van der Waals surface area contributed by atoms with E-state index in [1.165, 1.54) is 0 Å². The largest absolute Gasteiger partial charge is 0.488 e. The highest BCUT2D eigenvalue weighted by molar-refractivity contribution is 9.10. The minimum atomic E-state index is 0.471. The van der Waals surface area contributed by atoms with E-state index in [9.17, 15) is 0 Å². The van der Waals surface area contributed by atoms with E-state index in [0.717, 1.165) is 21.3 Å². The summed E-state index contributed by atoms with van der Waals surface area (Å²) in [6.07, 6.45) is 0.647. The van der Waals surface area contributed by atoms with E-state index in [0.29, 0.717) is 18.7 Å². The Bertz CT molecular complexity index is 611. The van der Waals surface area contributed by atoms with Crippen LogP contribution in [0.3, 0.4) is 0 Å². The minimum Gasteiger partial charge on any atom is -0.488 e. The van der Waals surface area contributed by atoms with Crippen molar-refractivity contribution in [1.29, 1.82) is 0 Å². The SMILES string of the molecule is CC/C(=N\O)c1ccccc1OCc1cccc(Br)c1. The Morgan fingerprint density at radius 2 is 2.00 bits per heavy atom. The van der Waals surface area contributed by atoms with Gasteiger partial charge in [-0.3, -0.25) is 0 Å². The molecule has 104 valence electrons. The average molecular weight is 334 g/mol. The van der Waals surface area contributed by atoms with Gasteiger partial charge < -0.3 is 9.94 Å². The molecule has 2 aromatic carbocycles. The van der Waals surface area contributed by atoms with Gasteiger partial charge in [0.2, 0.25) is 0 Å². The number of rotatable bonds is 5. The molecule has 0 bridgehead atoms. The Morgan fingerprint density at radius 1 is 1.20 bits per heavy atom. The predicted octanol–water partition coefficient (Wildman–Crippen LogP) is 4.62. The van der Waals surface area contributed by atoms with Crippen molar-refractivity contribution in [2.24, 2.45) is 5.16 Å². The van der Waals surface area contributed by atoms with Crippen molar-refractivity contribution in [2.45, 2.75) is 20.0 Å². The number of nitrogens with zero attached hydrogens (tertiary/aromatic N) is 1. The highest BCUT2D eigenvalue weighted by Crippen LogP contribution is 2.22. The van der Waals surface area contributed by atoms with Crippen LogP contribution < -0.4 is 4.74 Å². The second-order valence-corrected chi connectivity index (χ2v) is 5.23. The first-order valence-corrected chi connectivity index (χ1v) is 7.21. The molecule has 0 spiro atoms. The van der Waals surface area contributed by atoms with Gasteiger partial charge in [0, 0.05) is 10.0 Å². The number of para-hydroxylation sites is 1. The summed E-state index contributed by atoms with van der Waals surface area (Å²) in [7, 11) is 0. The quantitative estimate of drug-likeness (QED) is 0.493. The maximum atomic E-state index is 9.05. The molecule has 20 heavy (non-hydrogen) atoms. The molecule has 0 aliphatic carbocycles. The second-order valence-electron chi connectivity index (χ2n) is 4.32. The van der Waals surface area contributed by atoms with E-state index >= 15 is 0 Å². The molecule has 0 aliphatic rings. The smallest absolute Gasteiger partial charge is 0.128 e. The lowest BCUT2D eigenvalue weighted by atomic mass is 10.1. The minimum absolute atomic E-state index is 0.471. The first kappa shape index (κ1) is 14.6. The number of benzene rings is 2. The van der Waals surface area contributed by atoms with Crippen LogP contribution in [-0.2, 0) is 6.61 Å². The molecule has 1 N–H and O–H groups in total. The van der Waals surface area contributed by atoms with Crippen molar-refractivity contribution >= 4 is 21.6 Å². The molecule has 2 aromatic rings. The summed E-state index contributed by atoms with van der Waals surface area (Å²) in [6.45, 7) is 2.42. The Balaban J connectivity index is 2.18. The van der Waals surface area contributed by atoms with Gasteiger partial charge in [-0.05, 0) is 36.2 Å². The van der Waals surface area contributed by atoms with E-state index in [1.54, 1.807) is 0 Å². The third-order valence-corrected chi connectivity index (χ3v) is 3.43. The van der Waals surface area contributed by atoms with Crippen molar-refractivity contribution in [3.8, 4) is 5.75 Å². The van der Waals surface area contributed by atoms with Crippen LogP contribution in [0.5, 0.6) is 5.75 Å². The van der Waals surface area contributed by atoms with Crippen LogP contribution in [-0.4, -0.2) is 10.9 Å². The summed E-state index contributed by atoms with van der Waals surface area (Å²) in [6, 6.07) is 15.6. The summed E-state index contributed by atoms with van der Waals surface area (Å²) < 4.78 is 6.88. The van der Waals surface area contributed by atoms with E-state index < -0.39 is 0 Å². The second kappa shape index (κ2) is 7.10. The van der Waals surface area contributed by atoms with E-state index in [1.807, 2.05) is 55.5 Å². The number of hydrogen-bond acceptors (Lipinski definition) is 3. The molecule has 0 aromatic heterocycles. The molecule has 0 aliphatic heterocycles. The summed E-state index contributed by atoms with van der Waals surface area (Å²) in [5, 5.41) is 12.4. The number of hydrogen-bond donors (Lipinski definition) is 1. The summed E-state index contributed by atoms with van der Waals surface area (Å²) in [5.41, 5.74) is 2.52. The maximum Gasteiger partial charge on any atom is 0.128 e. The van der Waals surface area contributed by atoms with Gasteiger partial charge in [-0.1, -0.05) is 52.3 Å². The highest BCUT2D eigenvalue weighted by Gasteiger charge is 2.09. The van der Waals surface area contributed by atoms with E-state index in [2.05, 4.69) is 21.1 Å². The molecular weight excluding hydrogens is 318 g/mol. The van der Waals surface area contributed by atoms with Crippen LogP contribution in [0.15, 0.2) is 58.2 Å². The molecule has 3 nitrogen and oxygen atoms in total. The van der Waals surface area contributed by atoms with Gasteiger partial charge in [-0.2, -0.15) is 0 Å². The molecule has 0 heterocycles. The zero-order valence-electron chi connectivity index (χ0n) is 11.2. The molecule has 0 saturated heterocycles. The molecular formula is C16H16BrNO2. The van der Waals surface area contributed by atoms with Crippen molar-refractivity contribution < 1.29 is 9.94 Å². The van der Waals surface area contributed by atoms with Crippen LogP contribution in [0.1, 0.15) is 24.5 Å². The molecule has 0 radical (unpaired) electrons. The first-order valence-electron chi connectivity index (χ1n) is 6.42. The van der Waals surface area contributed by atoms with Crippen LogP contribution in [0, 0.1) is 0 Å². The summed E-state index contributed by atoms with van der Waals surface area (Å²) in [5.74, 6) is 0.724. The van der Waals surface area contributed by atoms with Gasteiger partial charge in [0.1, 0.15) is 12.4 Å². The van der Waals surface area contributed by atoms with Crippen molar-refractivity contribution in [3.63, 3.8) is 0 Å². The molecule has 0 fully saturated rings. The van der Waals surface area contributed by atoms with Crippen molar-refractivity contribution in [3.05, 3.63) is 64.1 Å². The topological polar surface area (TPSA) is 41.8 Å². The molecule has 0 saturated carbocycles. The Labute approximate surface area is 127 Å². The van der Waals surface area contributed by atoms with Crippen molar-refractivity contribution in [1.82, 2.24) is 0 Å². The van der Waals surface area contributed by atoms with Gasteiger partial charge in [0.25, 0.3) is 0 Å². The lowest BCUT2D eigenvalue weighted by Gasteiger charge is -2.11. The highest BCUT2D eigenvalue weighted by atomic mass is 79.9. The maximum absolute atomic E-state index is 9.05. The zero-order chi connectivity index (χ0) is 14.4. The molecule has 0 amide bonds. The van der Waals surface area contributed by atoms with E-state index in [4.69, 9.17) is 9.94 Å². The average Bonchev–Trinajstić information content (AvgIpc) is 2.48. The van der Waals surface area contributed by atoms with Gasteiger partial charge >= 0.3 is 0 Å². The van der Waals surface area contributed by atoms with Crippen LogP contribution in [0.25, 0.3) is 0 Å². The van der Waals surface area contributed by atoms with Crippen LogP contribution in [0.2, 0.25) is 0 Å². The van der Waals surface area contributed by atoms with Crippen LogP contribution >= 0.6 is 15.9 Å². The number of ether oxygens (including phenoxy) is 1. The molecule has 0 unspecified atom stereocenters. The predicted molar refractivity (Wildman–Crippen MR) is 83.5 cm³/mol. The molecule has 0 atom stereocenters. The molecule has 4 heteroatoms. The third kappa shape index (κ3) is 3.61. The standard InChI is InChI=1S/C16H16BrNO2/c1-2-15(18-19)14-8-3-4-9-16(14)20-11-12-6-5-7-13(17)10-12/h3-10,19H,2,11H2,1H3/b18-15+. The normalized spacial score (nSPS) is 11.4. The monoisotopic (exact) mass is 333 g/mol. The Morgan fingerprint density at radius 3 is 2.70 bits per heavy atom. The number of halogens is 1. The van der Waals surface area contributed by atoms with Gasteiger partial charge in [0.15, 0.2) is 0 Å². The fraction of sp³-hybridized carbons (Fsp3) is 0.188. The summed E-state index contributed by atoms with van der Waals surface area (Å²) in [4.78, 5) is 0. The van der Waals surface area contributed by atoms with Crippen LogP contribution in [0.4, 0.5) is 0 Å². The lowest BCUT2D eigenvalue weighted by molar-refractivity contribution is 0.303. The van der Waals surface area contributed by atoms with Crippen molar-refractivity contribution in [2.75, 3.05) is 0 Å². The third-order valence-electron chi connectivity index (χ3n) is 2.94. The Kier molecular flexibility index (Phi) is 5.18. The number of oxime groups is 1. The fourth-order valence-corrected chi connectivity index (χ4v) is 2.38. The van der Waals surface area contributed by atoms with Gasteiger partial charge in [-0.15, -0.1) is 0 Å². The van der Waals surface area contributed by atoms with E-state index in [-0.39, 0.29) is 0 Å². The van der Waals surface area contributed by atoms with Gasteiger partial charge in [-0.25, -0.2) is 0 Å². The summed E-state index contributed by atoms with van der Waals surface area (Å²) >= 11 is 3.44. The first-order chi connectivity index (χ1) is 9.74.